The number of carboxylic acid groups (broad SMARTS) is 1. The minimum absolute atomic E-state index is 0.0235. The van der Waals surface area contributed by atoms with Crippen molar-refractivity contribution in [3.63, 3.8) is 0 Å². The van der Waals surface area contributed by atoms with Crippen LogP contribution in [0.25, 0.3) is 0 Å². The minimum Gasteiger partial charge on any atom is -0.484 e. The van der Waals surface area contributed by atoms with Gasteiger partial charge in [-0.3, -0.25) is 9.59 Å². The molecule has 1 aromatic rings. The zero-order chi connectivity index (χ0) is 19.8. The molecule has 1 aromatic carbocycles. The van der Waals surface area contributed by atoms with E-state index in [9.17, 15) is 14.4 Å². The quantitative estimate of drug-likeness (QED) is 0.700. The lowest BCUT2D eigenvalue weighted by atomic mass is 10.1. The summed E-state index contributed by atoms with van der Waals surface area (Å²) in [6.45, 7) is 6.06. The highest BCUT2D eigenvalue weighted by molar-refractivity contribution is 5.79. The topological polar surface area (TPSA) is 99.2 Å². The molecule has 0 atom stereocenters. The van der Waals surface area contributed by atoms with Crippen LogP contribution >= 0.6 is 0 Å². The Bertz CT molecular complexity index is 664. The van der Waals surface area contributed by atoms with Crippen molar-refractivity contribution in [2.45, 2.75) is 26.7 Å². The molecule has 1 saturated heterocycles. The van der Waals surface area contributed by atoms with Gasteiger partial charge in [0, 0.05) is 39.1 Å². The molecule has 1 aliphatic heterocycles. The number of carbonyl (C=O) groups is 3. The van der Waals surface area contributed by atoms with Gasteiger partial charge in [-0.15, -0.1) is 0 Å². The number of rotatable bonds is 7. The second kappa shape index (κ2) is 9.80. The summed E-state index contributed by atoms with van der Waals surface area (Å²) in [7, 11) is 0. The van der Waals surface area contributed by atoms with Crippen LogP contribution in [0.2, 0.25) is 0 Å². The Kier molecular flexibility index (Phi) is 7.45. The third kappa shape index (κ3) is 6.80. The van der Waals surface area contributed by atoms with Crippen molar-refractivity contribution in [2.75, 3.05) is 39.3 Å². The third-order valence-electron chi connectivity index (χ3n) is 4.32. The SMILES string of the molecule is Cc1cc(C)cc(OCC(=O)N2CCN(C(=O)NCCCC(=O)O)CC2)c1. The summed E-state index contributed by atoms with van der Waals surface area (Å²) in [6, 6.07) is 5.61. The van der Waals surface area contributed by atoms with Gasteiger partial charge in [0.25, 0.3) is 5.91 Å². The molecule has 0 bridgehead atoms. The predicted octanol–water partition coefficient (Wildman–Crippen LogP) is 1.40. The van der Waals surface area contributed by atoms with E-state index < -0.39 is 5.97 Å². The number of hydrogen-bond acceptors (Lipinski definition) is 4. The number of benzene rings is 1. The second-order valence-electron chi connectivity index (χ2n) is 6.71. The molecule has 0 spiro atoms. The van der Waals surface area contributed by atoms with Crippen LogP contribution in [0.5, 0.6) is 5.75 Å². The van der Waals surface area contributed by atoms with Gasteiger partial charge in [0.1, 0.15) is 5.75 Å². The number of piperazine rings is 1. The van der Waals surface area contributed by atoms with E-state index in [0.717, 1.165) is 11.1 Å². The Labute approximate surface area is 159 Å². The Balaban J connectivity index is 1.70. The molecule has 8 nitrogen and oxygen atoms in total. The number of ether oxygens (including phenoxy) is 1. The highest BCUT2D eigenvalue weighted by atomic mass is 16.5. The second-order valence-corrected chi connectivity index (χ2v) is 6.71. The van der Waals surface area contributed by atoms with Crippen molar-refractivity contribution in [1.29, 1.82) is 0 Å². The van der Waals surface area contributed by atoms with Crippen LogP contribution in [0.4, 0.5) is 4.79 Å². The third-order valence-corrected chi connectivity index (χ3v) is 4.32. The van der Waals surface area contributed by atoms with Gasteiger partial charge >= 0.3 is 12.0 Å². The van der Waals surface area contributed by atoms with Gasteiger partial charge in [-0.05, 0) is 43.5 Å². The lowest BCUT2D eigenvalue weighted by Gasteiger charge is -2.34. The zero-order valence-corrected chi connectivity index (χ0v) is 15.9. The molecule has 3 amide bonds. The number of carboxylic acids is 1. The van der Waals surface area contributed by atoms with Gasteiger partial charge in [-0.2, -0.15) is 0 Å². The number of hydrogen-bond donors (Lipinski definition) is 2. The largest absolute Gasteiger partial charge is 0.484 e. The van der Waals surface area contributed by atoms with Gasteiger partial charge in [-0.1, -0.05) is 6.07 Å². The number of nitrogens with one attached hydrogen (secondary N) is 1. The van der Waals surface area contributed by atoms with E-state index in [0.29, 0.717) is 44.9 Å². The monoisotopic (exact) mass is 377 g/mol. The molecular formula is C19H27N3O5. The van der Waals surface area contributed by atoms with Crippen molar-refractivity contribution in [3.05, 3.63) is 29.3 Å². The number of amides is 3. The molecule has 1 aliphatic rings. The van der Waals surface area contributed by atoms with Crippen LogP contribution in [0.15, 0.2) is 18.2 Å². The maximum Gasteiger partial charge on any atom is 0.317 e. The van der Waals surface area contributed by atoms with Crippen molar-refractivity contribution in [1.82, 2.24) is 15.1 Å². The van der Waals surface area contributed by atoms with Gasteiger partial charge in [0.15, 0.2) is 6.61 Å². The molecule has 0 aliphatic carbocycles. The summed E-state index contributed by atoms with van der Waals surface area (Å²) >= 11 is 0. The number of urea groups is 1. The van der Waals surface area contributed by atoms with E-state index in [-0.39, 0.29) is 25.0 Å². The maximum absolute atomic E-state index is 12.3. The van der Waals surface area contributed by atoms with Gasteiger partial charge in [0.05, 0.1) is 0 Å². The lowest BCUT2D eigenvalue weighted by Crippen LogP contribution is -2.54. The van der Waals surface area contributed by atoms with Gasteiger partial charge in [-0.25, -0.2) is 4.79 Å². The molecule has 0 unspecified atom stereocenters. The molecule has 0 aromatic heterocycles. The fourth-order valence-corrected chi connectivity index (χ4v) is 2.96. The molecule has 2 N–H and O–H groups in total. The van der Waals surface area contributed by atoms with Crippen LogP contribution in [-0.4, -0.2) is 72.1 Å². The Morgan fingerprint density at radius 2 is 1.63 bits per heavy atom. The van der Waals surface area contributed by atoms with Crippen molar-refractivity contribution in [2.24, 2.45) is 0 Å². The first kappa shape index (κ1) is 20.5. The Morgan fingerprint density at radius 3 is 2.22 bits per heavy atom. The normalized spacial score (nSPS) is 14.0. The standard InChI is InChI=1S/C19H27N3O5/c1-14-10-15(2)12-16(11-14)27-13-17(23)21-6-8-22(9-7-21)19(26)20-5-3-4-18(24)25/h10-12H,3-9,13H2,1-2H3,(H,20,26)(H,24,25). The first-order valence-corrected chi connectivity index (χ1v) is 9.08. The van der Waals surface area contributed by atoms with Crippen LogP contribution in [0.1, 0.15) is 24.0 Å². The molecule has 8 heteroatoms. The number of aryl methyl sites for hydroxylation is 2. The van der Waals surface area contributed by atoms with E-state index in [1.165, 1.54) is 0 Å². The first-order chi connectivity index (χ1) is 12.8. The molecule has 0 radical (unpaired) electrons. The molecule has 27 heavy (non-hydrogen) atoms. The summed E-state index contributed by atoms with van der Waals surface area (Å²) in [5, 5.41) is 11.3. The molecule has 148 valence electrons. The van der Waals surface area contributed by atoms with E-state index in [2.05, 4.69) is 5.32 Å². The van der Waals surface area contributed by atoms with E-state index >= 15 is 0 Å². The van der Waals surface area contributed by atoms with Crippen molar-refractivity contribution < 1.29 is 24.2 Å². The minimum atomic E-state index is -0.876. The van der Waals surface area contributed by atoms with E-state index in [1.54, 1.807) is 9.80 Å². The van der Waals surface area contributed by atoms with Gasteiger partial charge < -0.3 is 25.0 Å². The predicted molar refractivity (Wildman–Crippen MR) is 99.8 cm³/mol. The number of nitrogens with zero attached hydrogens (tertiary/aromatic N) is 2. The smallest absolute Gasteiger partial charge is 0.317 e. The van der Waals surface area contributed by atoms with Crippen LogP contribution in [0.3, 0.4) is 0 Å². The first-order valence-electron chi connectivity index (χ1n) is 9.08. The Hall–Kier alpha value is -2.77. The van der Waals surface area contributed by atoms with Crippen LogP contribution < -0.4 is 10.1 Å². The summed E-state index contributed by atoms with van der Waals surface area (Å²) < 4.78 is 5.61. The molecular weight excluding hydrogens is 350 g/mol. The highest BCUT2D eigenvalue weighted by Gasteiger charge is 2.24. The van der Waals surface area contributed by atoms with Crippen LogP contribution in [0, 0.1) is 13.8 Å². The lowest BCUT2D eigenvalue weighted by molar-refractivity contribution is -0.137. The van der Waals surface area contributed by atoms with E-state index in [1.807, 2.05) is 32.0 Å². The number of aliphatic carboxylic acids is 1. The average molecular weight is 377 g/mol. The maximum atomic E-state index is 12.3. The average Bonchev–Trinajstić information content (AvgIpc) is 2.62. The summed E-state index contributed by atoms with van der Waals surface area (Å²) in [5.41, 5.74) is 2.17. The highest BCUT2D eigenvalue weighted by Crippen LogP contribution is 2.16. The van der Waals surface area contributed by atoms with Crippen molar-refractivity contribution in [3.8, 4) is 5.75 Å². The molecule has 2 rings (SSSR count). The molecule has 0 saturated carbocycles. The molecule has 1 heterocycles. The van der Waals surface area contributed by atoms with Crippen LogP contribution in [-0.2, 0) is 9.59 Å². The fraction of sp³-hybridized carbons (Fsp3) is 0.526. The summed E-state index contributed by atoms with van der Waals surface area (Å²) in [6.07, 6.45) is 0.429. The summed E-state index contributed by atoms with van der Waals surface area (Å²) in [4.78, 5) is 38.1. The zero-order valence-electron chi connectivity index (χ0n) is 15.9. The summed E-state index contributed by atoms with van der Waals surface area (Å²) in [5.74, 6) is -0.296. The Morgan fingerprint density at radius 1 is 1.04 bits per heavy atom. The van der Waals surface area contributed by atoms with E-state index in [4.69, 9.17) is 9.84 Å². The molecule has 1 fully saturated rings. The van der Waals surface area contributed by atoms with Crippen molar-refractivity contribution >= 4 is 17.9 Å². The fourth-order valence-electron chi connectivity index (χ4n) is 2.96. The number of carbonyl (C=O) groups excluding carboxylic acids is 2. The van der Waals surface area contributed by atoms with Gasteiger partial charge in [0.2, 0.25) is 0 Å².